The molecule has 0 aliphatic carbocycles. The number of H-pyrrole nitrogens is 1. The zero-order chi connectivity index (χ0) is 37.0. The smallest absolute Gasteiger partial charge is 0.306 e. The van der Waals surface area contributed by atoms with Crippen molar-refractivity contribution < 1.29 is 38.5 Å². The van der Waals surface area contributed by atoms with Crippen LogP contribution in [-0.2, 0) is 35.1 Å². The average molecular weight is 712 g/mol. The van der Waals surface area contributed by atoms with E-state index in [1.807, 2.05) is 0 Å². The summed E-state index contributed by atoms with van der Waals surface area (Å²) in [6, 6.07) is 6.55. The third kappa shape index (κ3) is 15.7. The molecule has 278 valence electrons. The maximum absolute atomic E-state index is 12.9. The maximum Gasteiger partial charge on any atom is 0.306 e. The number of carbonyl (C=O) groups excluding carboxylic acids is 3. The minimum absolute atomic E-state index is 0.0341. The lowest BCUT2D eigenvalue weighted by Gasteiger charge is -2.12. The topological polar surface area (TPSA) is 238 Å². The molecule has 16 nitrogen and oxygen atoms in total. The van der Waals surface area contributed by atoms with E-state index in [-0.39, 0.29) is 66.8 Å². The second-order valence-corrected chi connectivity index (χ2v) is 12.4. The second kappa shape index (κ2) is 22.1. The molecular weight excluding hydrogens is 662 g/mol. The summed E-state index contributed by atoms with van der Waals surface area (Å²) in [5.41, 5.74) is 6.76. The van der Waals surface area contributed by atoms with Gasteiger partial charge in [0.05, 0.1) is 57.4 Å². The second-order valence-electron chi connectivity index (χ2n) is 12.4. The average Bonchev–Trinajstić information content (AvgIpc) is 3.10. The number of carboxylic acid groups (broad SMARTS) is 1. The zero-order valence-corrected chi connectivity index (χ0v) is 29.3. The minimum Gasteiger partial charge on any atom is -0.481 e. The Morgan fingerprint density at radius 2 is 1.59 bits per heavy atom. The molecule has 51 heavy (non-hydrogen) atoms. The third-order valence-corrected chi connectivity index (χ3v) is 7.72. The quantitative estimate of drug-likeness (QED) is 0.0595. The molecule has 1 aromatic carbocycles. The first-order valence-electron chi connectivity index (χ1n) is 17.1. The molecule has 0 saturated heterocycles. The van der Waals surface area contributed by atoms with Gasteiger partial charge >= 0.3 is 5.97 Å². The lowest BCUT2D eigenvalue weighted by Crippen LogP contribution is -2.27. The number of ether oxygens (including phenoxy) is 3. The predicted molar refractivity (Wildman–Crippen MR) is 189 cm³/mol. The highest BCUT2D eigenvalue weighted by Gasteiger charge is 2.23. The Balaban J connectivity index is 1.24. The molecule has 0 aliphatic heterocycles. The van der Waals surface area contributed by atoms with Gasteiger partial charge in [-0.25, -0.2) is 9.97 Å². The van der Waals surface area contributed by atoms with Crippen LogP contribution in [0.2, 0.25) is 0 Å². The van der Waals surface area contributed by atoms with Crippen molar-refractivity contribution in [2.75, 3.05) is 57.2 Å². The normalized spacial score (nSPS) is 11.8. The molecule has 3 aromatic rings. The van der Waals surface area contributed by atoms with E-state index in [2.05, 4.69) is 44.4 Å². The molecule has 3 rings (SSSR count). The summed E-state index contributed by atoms with van der Waals surface area (Å²) in [6.45, 7) is 7.24. The Hall–Kier alpha value is -4.80. The van der Waals surface area contributed by atoms with E-state index < -0.39 is 17.4 Å². The van der Waals surface area contributed by atoms with E-state index in [4.69, 9.17) is 19.9 Å². The van der Waals surface area contributed by atoms with Crippen molar-refractivity contribution in [2.45, 2.75) is 65.3 Å². The fourth-order valence-corrected chi connectivity index (χ4v) is 4.82. The summed E-state index contributed by atoms with van der Waals surface area (Å²) in [5.74, 6) is -2.05. The van der Waals surface area contributed by atoms with Crippen LogP contribution in [0.3, 0.4) is 0 Å². The van der Waals surface area contributed by atoms with Crippen LogP contribution >= 0.6 is 0 Å². The molecule has 0 saturated carbocycles. The number of aromatic amines is 1. The van der Waals surface area contributed by atoms with Crippen LogP contribution in [0, 0.1) is 11.8 Å². The largest absolute Gasteiger partial charge is 0.481 e. The maximum atomic E-state index is 12.9. The summed E-state index contributed by atoms with van der Waals surface area (Å²) in [6.07, 6.45) is 3.52. The van der Waals surface area contributed by atoms with Gasteiger partial charge in [0.15, 0.2) is 16.9 Å². The first kappa shape index (κ1) is 40.6. The van der Waals surface area contributed by atoms with Gasteiger partial charge in [-0.15, -0.1) is 0 Å². The molecule has 0 spiro atoms. The van der Waals surface area contributed by atoms with E-state index in [9.17, 15) is 29.1 Å². The van der Waals surface area contributed by atoms with Gasteiger partial charge in [0, 0.05) is 50.1 Å². The number of hydrogen-bond donors (Lipinski definition) is 5. The Morgan fingerprint density at radius 1 is 0.902 bits per heavy atom. The highest BCUT2D eigenvalue weighted by Crippen LogP contribution is 2.19. The number of aromatic nitrogens is 4. The van der Waals surface area contributed by atoms with Crippen molar-refractivity contribution in [1.82, 2.24) is 25.3 Å². The number of carbonyl (C=O) groups is 4. The summed E-state index contributed by atoms with van der Waals surface area (Å²) in [7, 11) is 0. The number of nitrogen functional groups attached to an aromatic ring is 1. The molecule has 6 N–H and O–H groups in total. The number of anilines is 2. The van der Waals surface area contributed by atoms with Gasteiger partial charge in [0.2, 0.25) is 11.9 Å². The van der Waals surface area contributed by atoms with Gasteiger partial charge in [0.1, 0.15) is 5.78 Å². The number of hydrogen-bond acceptors (Lipinski definition) is 13. The summed E-state index contributed by atoms with van der Waals surface area (Å²) >= 11 is 0. The van der Waals surface area contributed by atoms with Crippen LogP contribution < -0.4 is 21.9 Å². The Labute approximate surface area is 296 Å². The number of nitrogens with one attached hydrogen (secondary N) is 3. The van der Waals surface area contributed by atoms with E-state index in [1.165, 1.54) is 6.20 Å². The molecule has 2 heterocycles. The van der Waals surface area contributed by atoms with Crippen LogP contribution in [0.15, 0.2) is 35.3 Å². The monoisotopic (exact) mass is 711 g/mol. The number of nitrogens with zero attached hydrogens (tertiary/aromatic N) is 3. The van der Waals surface area contributed by atoms with E-state index in [0.717, 1.165) is 6.42 Å². The minimum atomic E-state index is -1.12. The van der Waals surface area contributed by atoms with Crippen molar-refractivity contribution in [2.24, 2.45) is 11.8 Å². The molecule has 16 heteroatoms. The van der Waals surface area contributed by atoms with Gasteiger partial charge in [-0.3, -0.25) is 29.0 Å². The lowest BCUT2D eigenvalue weighted by molar-refractivity contribution is -0.142. The van der Waals surface area contributed by atoms with Crippen molar-refractivity contribution in [3.8, 4) is 0 Å². The summed E-state index contributed by atoms with van der Waals surface area (Å²) < 4.78 is 16.4. The number of nitrogens with two attached hydrogens (primary N) is 1. The highest BCUT2D eigenvalue weighted by molar-refractivity contribution is 5.98. The molecule has 1 amide bonds. The van der Waals surface area contributed by atoms with Crippen molar-refractivity contribution in [3.63, 3.8) is 0 Å². The number of ketones is 2. The number of amides is 1. The number of fused-ring (bicyclic) bond motifs is 1. The Morgan fingerprint density at radius 3 is 2.27 bits per heavy atom. The first-order chi connectivity index (χ1) is 24.5. The van der Waals surface area contributed by atoms with Crippen molar-refractivity contribution in [1.29, 1.82) is 0 Å². The number of rotatable bonds is 26. The van der Waals surface area contributed by atoms with Crippen molar-refractivity contribution >= 4 is 46.2 Å². The Kier molecular flexibility index (Phi) is 17.6. The van der Waals surface area contributed by atoms with Crippen LogP contribution in [0.25, 0.3) is 11.2 Å². The number of aliphatic carboxylic acids is 1. The van der Waals surface area contributed by atoms with E-state index >= 15 is 0 Å². The summed E-state index contributed by atoms with van der Waals surface area (Å²) in [4.78, 5) is 75.5. The molecule has 0 aliphatic rings. The van der Waals surface area contributed by atoms with Gasteiger partial charge in [-0.1, -0.05) is 13.8 Å². The molecule has 0 fully saturated rings. The zero-order valence-electron chi connectivity index (χ0n) is 29.3. The summed E-state index contributed by atoms with van der Waals surface area (Å²) in [5, 5.41) is 15.6. The number of benzene rings is 1. The fraction of sp³-hybridized carbons (Fsp3) is 0.543. The van der Waals surface area contributed by atoms with E-state index in [0.29, 0.717) is 81.9 Å². The van der Waals surface area contributed by atoms with Crippen LogP contribution in [0.4, 0.5) is 11.6 Å². The molecule has 0 radical (unpaired) electrons. The third-order valence-electron chi connectivity index (χ3n) is 7.72. The van der Waals surface area contributed by atoms with Crippen LogP contribution in [0.1, 0.15) is 74.8 Å². The predicted octanol–water partition coefficient (Wildman–Crippen LogP) is 2.91. The first-order valence-corrected chi connectivity index (χ1v) is 17.1. The molecule has 2 aromatic heterocycles. The SMILES string of the molecule is CC(C)CCC(=O)NCCOCCOCCOCCCC(=O)CC[C@H](CC(=O)c1ccc(NCc2cnc3nc(N)[nH]c(=O)c3n2)cc1)C(=O)O. The van der Waals surface area contributed by atoms with Gasteiger partial charge in [-0.2, -0.15) is 4.98 Å². The number of carboxylic acids is 1. The molecule has 0 unspecified atom stereocenters. The van der Waals surface area contributed by atoms with Gasteiger partial charge < -0.3 is 35.7 Å². The van der Waals surface area contributed by atoms with E-state index in [1.54, 1.807) is 24.3 Å². The van der Waals surface area contributed by atoms with Crippen molar-refractivity contribution in [3.05, 3.63) is 52.1 Å². The van der Waals surface area contributed by atoms with Gasteiger partial charge in [-0.05, 0) is 49.4 Å². The van der Waals surface area contributed by atoms with Crippen LogP contribution in [0.5, 0.6) is 0 Å². The van der Waals surface area contributed by atoms with Crippen LogP contribution in [-0.4, -0.2) is 94.7 Å². The fourth-order valence-electron chi connectivity index (χ4n) is 4.82. The lowest BCUT2D eigenvalue weighted by atomic mass is 9.92. The molecule has 0 bridgehead atoms. The Bertz CT molecular complexity index is 1630. The standard InChI is InChI=1S/C35H49N7O9/c1-23(2)5-12-30(45)37-13-15-50-17-19-51-18-16-49-14-3-4-28(43)11-8-25(34(47)48)20-29(44)24-6-9-26(10-7-24)38-21-27-22-39-32-31(40-27)33(46)42-35(36)41-32/h6-7,9-10,22-23,25,38H,3-5,8,11-21H2,1-2H3,(H,37,45)(H,47,48)(H3,36,39,41,42,46)/t25-/m1/s1. The number of Topliss-reactive ketones (excluding diaryl/α,β-unsaturated/α-hetero) is 2. The highest BCUT2D eigenvalue weighted by atomic mass is 16.5. The van der Waals surface area contributed by atoms with Gasteiger partial charge in [0.25, 0.3) is 5.56 Å². The molecular formula is C35H49N7O9. The molecule has 1 atom stereocenters.